The van der Waals surface area contributed by atoms with E-state index in [0.717, 1.165) is 11.3 Å². The third kappa shape index (κ3) is 8.13. The highest BCUT2D eigenvalue weighted by Crippen LogP contribution is 2.18. The number of oxime groups is 1. The molecule has 0 radical (unpaired) electrons. The lowest BCUT2D eigenvalue weighted by atomic mass is 10.1. The molecule has 2 rings (SSSR count). The molecule has 0 aromatic carbocycles. The van der Waals surface area contributed by atoms with E-state index in [0.29, 0.717) is 0 Å². The number of thiazole rings is 1. The minimum atomic E-state index is -0.733. The number of hydrogen-bond donors (Lipinski definition) is 3. The number of ether oxygens (including phenoxy) is 2. The standard InChI is InChI=1S/C19H27N5O7S/c1-18(2,3)30-12(25)8-29-24-13(15(27)21-10-7-20-14(10)26)11-9-32-16(22-11)23-17(28)31-19(4,5)6/h9-10H,7-8H2,1-6H3,(H,20,26)(H,21,27)(H,22,23,28). The van der Waals surface area contributed by atoms with Crippen molar-refractivity contribution < 1.29 is 33.5 Å². The fraction of sp³-hybridized carbons (Fsp3) is 0.579. The number of carbonyl (C=O) groups is 4. The topological polar surface area (TPSA) is 157 Å². The molecule has 0 spiro atoms. The van der Waals surface area contributed by atoms with Crippen LogP contribution in [0.15, 0.2) is 10.5 Å². The summed E-state index contributed by atoms with van der Waals surface area (Å²) in [7, 11) is 0. The van der Waals surface area contributed by atoms with E-state index < -0.39 is 41.8 Å². The third-order valence-electron chi connectivity index (χ3n) is 3.43. The van der Waals surface area contributed by atoms with Crippen LogP contribution in [-0.2, 0) is 28.7 Å². The Balaban J connectivity index is 2.12. The summed E-state index contributed by atoms with van der Waals surface area (Å²) < 4.78 is 10.3. The van der Waals surface area contributed by atoms with Crippen molar-refractivity contribution in [2.75, 3.05) is 18.5 Å². The van der Waals surface area contributed by atoms with Crippen LogP contribution < -0.4 is 16.0 Å². The maximum Gasteiger partial charge on any atom is 0.413 e. The van der Waals surface area contributed by atoms with Gasteiger partial charge in [0.2, 0.25) is 12.5 Å². The molecule has 1 aromatic heterocycles. The zero-order valence-electron chi connectivity index (χ0n) is 18.7. The molecule has 12 nitrogen and oxygen atoms in total. The molecule has 1 fully saturated rings. The van der Waals surface area contributed by atoms with Gasteiger partial charge in [0.05, 0.1) is 0 Å². The maximum atomic E-state index is 12.7. The van der Waals surface area contributed by atoms with Crippen LogP contribution in [0.4, 0.5) is 9.93 Å². The molecule has 1 aliphatic heterocycles. The molecule has 0 bridgehead atoms. The van der Waals surface area contributed by atoms with Crippen LogP contribution in [0.25, 0.3) is 0 Å². The number of nitrogens with one attached hydrogen (secondary N) is 3. The highest BCUT2D eigenvalue weighted by atomic mass is 32.1. The van der Waals surface area contributed by atoms with Gasteiger partial charge >= 0.3 is 12.1 Å². The van der Waals surface area contributed by atoms with Crippen LogP contribution in [0.2, 0.25) is 0 Å². The van der Waals surface area contributed by atoms with Crippen molar-refractivity contribution in [2.45, 2.75) is 58.8 Å². The van der Waals surface area contributed by atoms with Crippen LogP contribution in [-0.4, -0.2) is 65.0 Å². The van der Waals surface area contributed by atoms with E-state index in [1.807, 2.05) is 0 Å². The zero-order chi connectivity index (χ0) is 24.1. The molecule has 0 saturated carbocycles. The highest BCUT2D eigenvalue weighted by Gasteiger charge is 2.31. The van der Waals surface area contributed by atoms with Gasteiger partial charge in [0.15, 0.2) is 10.8 Å². The van der Waals surface area contributed by atoms with Gasteiger partial charge in [-0.25, -0.2) is 14.6 Å². The molecule has 2 heterocycles. The van der Waals surface area contributed by atoms with E-state index in [2.05, 4.69) is 26.1 Å². The number of anilines is 1. The first-order valence-electron chi connectivity index (χ1n) is 9.70. The van der Waals surface area contributed by atoms with Crippen molar-refractivity contribution >= 4 is 46.1 Å². The Bertz CT molecular complexity index is 914. The Kier molecular flexibility index (Phi) is 7.78. The Labute approximate surface area is 189 Å². The fourth-order valence-corrected chi connectivity index (χ4v) is 2.87. The summed E-state index contributed by atoms with van der Waals surface area (Å²) in [5, 5.41) is 12.8. The Hall–Kier alpha value is -3.22. The molecular weight excluding hydrogens is 442 g/mol. The molecule has 1 saturated heterocycles. The van der Waals surface area contributed by atoms with E-state index in [4.69, 9.17) is 14.3 Å². The smallest absolute Gasteiger partial charge is 0.413 e. The second-order valence-corrected chi connectivity index (χ2v) is 9.59. The van der Waals surface area contributed by atoms with Crippen molar-refractivity contribution in [3.63, 3.8) is 0 Å². The summed E-state index contributed by atoms with van der Waals surface area (Å²) in [6.07, 6.45) is -0.714. The van der Waals surface area contributed by atoms with Crippen LogP contribution in [0, 0.1) is 0 Å². The first kappa shape index (κ1) is 25.0. The summed E-state index contributed by atoms with van der Waals surface area (Å²) in [6.45, 7) is 9.99. The Morgan fingerprint density at radius 2 is 1.84 bits per heavy atom. The van der Waals surface area contributed by atoms with Crippen molar-refractivity contribution in [3.8, 4) is 0 Å². The predicted molar refractivity (Wildman–Crippen MR) is 115 cm³/mol. The number of hydrogen-bond acceptors (Lipinski definition) is 10. The molecule has 13 heteroatoms. The Morgan fingerprint density at radius 1 is 1.19 bits per heavy atom. The molecule has 0 aliphatic carbocycles. The lowest BCUT2D eigenvalue weighted by Crippen LogP contribution is -2.62. The average Bonchev–Trinajstić information content (AvgIpc) is 3.06. The minimum Gasteiger partial charge on any atom is -0.457 e. The molecule has 32 heavy (non-hydrogen) atoms. The summed E-state index contributed by atoms with van der Waals surface area (Å²) in [5.74, 6) is -1.74. The largest absolute Gasteiger partial charge is 0.457 e. The number of β-lactam (4-membered cyclic amide) rings is 1. The average molecular weight is 470 g/mol. The van der Waals surface area contributed by atoms with Crippen molar-refractivity contribution in [1.29, 1.82) is 0 Å². The molecule has 3 amide bonds. The summed E-state index contributed by atoms with van der Waals surface area (Å²) in [4.78, 5) is 57.0. The monoisotopic (exact) mass is 469 g/mol. The lowest BCUT2D eigenvalue weighted by molar-refractivity contribution is -0.160. The summed E-state index contributed by atoms with van der Waals surface area (Å²) in [5.41, 5.74) is -1.61. The zero-order valence-corrected chi connectivity index (χ0v) is 19.5. The SMILES string of the molecule is CC(C)(C)OC(=O)CON=C(C(=O)NC1CNC1=O)c1csc(NC(=O)OC(C)(C)C)n1. The molecular formula is C19H27N5O7S. The second kappa shape index (κ2) is 9.94. The van der Waals surface area contributed by atoms with Gasteiger partial charge in [-0.15, -0.1) is 11.3 Å². The molecule has 1 unspecified atom stereocenters. The van der Waals surface area contributed by atoms with Gasteiger partial charge in [-0.05, 0) is 41.5 Å². The third-order valence-corrected chi connectivity index (χ3v) is 4.19. The van der Waals surface area contributed by atoms with Crippen LogP contribution >= 0.6 is 11.3 Å². The first-order chi connectivity index (χ1) is 14.7. The number of esters is 1. The van der Waals surface area contributed by atoms with Crippen LogP contribution in [0.3, 0.4) is 0 Å². The van der Waals surface area contributed by atoms with Gasteiger partial charge < -0.3 is 24.9 Å². The van der Waals surface area contributed by atoms with Gasteiger partial charge in [0.1, 0.15) is 22.9 Å². The molecule has 3 N–H and O–H groups in total. The number of nitrogens with zero attached hydrogens (tertiary/aromatic N) is 2. The van der Waals surface area contributed by atoms with Crippen LogP contribution in [0.5, 0.6) is 0 Å². The minimum absolute atomic E-state index is 0.0717. The number of carbonyl (C=O) groups excluding carboxylic acids is 4. The fourth-order valence-electron chi connectivity index (χ4n) is 2.19. The van der Waals surface area contributed by atoms with Gasteiger partial charge in [0.25, 0.3) is 5.91 Å². The van der Waals surface area contributed by atoms with Crippen molar-refractivity contribution in [3.05, 3.63) is 11.1 Å². The molecule has 1 aliphatic rings. The second-order valence-electron chi connectivity index (χ2n) is 8.74. The van der Waals surface area contributed by atoms with Gasteiger partial charge in [-0.1, -0.05) is 5.16 Å². The summed E-state index contributed by atoms with van der Waals surface area (Å²) >= 11 is 1.03. The number of rotatable bonds is 7. The maximum absolute atomic E-state index is 12.7. The normalized spacial score (nSPS) is 16.4. The lowest BCUT2D eigenvalue weighted by Gasteiger charge is -2.26. The van der Waals surface area contributed by atoms with Gasteiger partial charge in [0, 0.05) is 11.9 Å². The molecule has 1 atom stereocenters. The van der Waals surface area contributed by atoms with E-state index in [9.17, 15) is 19.2 Å². The van der Waals surface area contributed by atoms with Crippen molar-refractivity contribution in [2.24, 2.45) is 5.16 Å². The number of aromatic nitrogens is 1. The van der Waals surface area contributed by atoms with Crippen LogP contribution in [0.1, 0.15) is 47.2 Å². The first-order valence-corrected chi connectivity index (χ1v) is 10.6. The van der Waals surface area contributed by atoms with E-state index in [1.54, 1.807) is 41.5 Å². The predicted octanol–water partition coefficient (Wildman–Crippen LogP) is 1.17. The van der Waals surface area contributed by atoms with Gasteiger partial charge in [-0.3, -0.25) is 14.9 Å². The quantitative estimate of drug-likeness (QED) is 0.232. The molecule has 1 aromatic rings. The number of amides is 3. The summed E-state index contributed by atoms with van der Waals surface area (Å²) in [6, 6.07) is -0.712. The van der Waals surface area contributed by atoms with E-state index in [-0.39, 0.29) is 29.0 Å². The highest BCUT2D eigenvalue weighted by molar-refractivity contribution is 7.14. The van der Waals surface area contributed by atoms with E-state index in [1.165, 1.54) is 5.38 Å². The van der Waals surface area contributed by atoms with Gasteiger partial charge in [-0.2, -0.15) is 0 Å². The molecule has 176 valence electrons. The Morgan fingerprint density at radius 3 is 2.38 bits per heavy atom. The van der Waals surface area contributed by atoms with Crippen molar-refractivity contribution in [1.82, 2.24) is 15.6 Å². The van der Waals surface area contributed by atoms with E-state index >= 15 is 0 Å².